The lowest BCUT2D eigenvalue weighted by molar-refractivity contribution is -0.172. The molecule has 6 heteroatoms. The Hall–Kier alpha value is -2.73. The summed E-state index contributed by atoms with van der Waals surface area (Å²) in [5.41, 5.74) is -0.461. The van der Waals surface area contributed by atoms with Crippen LogP contribution in [0.1, 0.15) is 36.2 Å². The van der Waals surface area contributed by atoms with E-state index < -0.39 is 11.6 Å². The summed E-state index contributed by atoms with van der Waals surface area (Å²) in [6.07, 6.45) is 2.31. The van der Waals surface area contributed by atoms with Crippen LogP contribution in [0.5, 0.6) is 0 Å². The number of aromatic nitrogens is 1. The molecule has 132 valence electrons. The molecule has 2 aromatic rings. The van der Waals surface area contributed by atoms with Crippen molar-refractivity contribution >= 4 is 12.0 Å². The molecule has 4 heterocycles. The smallest absolute Gasteiger partial charge is 0.343 e. The zero-order valence-electron chi connectivity index (χ0n) is 14.3. The number of benzene rings is 1. The first-order valence-electron chi connectivity index (χ1n) is 8.84. The van der Waals surface area contributed by atoms with Crippen LogP contribution in [0, 0.1) is 5.92 Å². The van der Waals surface area contributed by atoms with Gasteiger partial charge in [-0.05, 0) is 23.8 Å². The fourth-order valence-corrected chi connectivity index (χ4v) is 4.31. The fourth-order valence-electron chi connectivity index (χ4n) is 4.31. The molecule has 2 unspecified atom stereocenters. The highest BCUT2D eigenvalue weighted by atomic mass is 16.6. The molecule has 0 spiro atoms. The first-order valence-corrected chi connectivity index (χ1v) is 8.84. The van der Waals surface area contributed by atoms with Crippen molar-refractivity contribution in [2.45, 2.75) is 38.1 Å². The normalized spacial score (nSPS) is 28.0. The van der Waals surface area contributed by atoms with Crippen molar-refractivity contribution in [3.05, 3.63) is 68.1 Å². The maximum Gasteiger partial charge on any atom is 0.343 e. The summed E-state index contributed by atoms with van der Waals surface area (Å²) < 4.78 is 6.80. The average Bonchev–Trinajstić information content (AvgIpc) is 3.01. The zero-order valence-corrected chi connectivity index (χ0v) is 14.3. The van der Waals surface area contributed by atoms with Gasteiger partial charge in [-0.1, -0.05) is 31.2 Å². The van der Waals surface area contributed by atoms with Crippen molar-refractivity contribution in [3.8, 4) is 0 Å². The summed E-state index contributed by atoms with van der Waals surface area (Å²) in [7, 11) is 0. The average molecular weight is 350 g/mol. The van der Waals surface area contributed by atoms with Gasteiger partial charge in [0.15, 0.2) is 5.60 Å². The number of carbonyl (C=O) groups is 1. The first-order chi connectivity index (χ1) is 12.5. The number of carbonyl (C=O) groups excluding carboxylic acids is 1. The summed E-state index contributed by atoms with van der Waals surface area (Å²) >= 11 is 0. The number of para-hydroxylation sites is 1. The molecular formula is C20H18N2O4. The Bertz CT molecular complexity index is 1130. The van der Waals surface area contributed by atoms with Crippen LogP contribution in [0.15, 0.2) is 40.1 Å². The quantitative estimate of drug-likeness (QED) is 0.750. The third-order valence-electron chi connectivity index (χ3n) is 5.79. The lowest BCUT2D eigenvalue weighted by atomic mass is 9.85. The van der Waals surface area contributed by atoms with Gasteiger partial charge in [-0.3, -0.25) is 9.79 Å². The van der Waals surface area contributed by atoms with E-state index in [2.05, 4.69) is 6.08 Å². The van der Waals surface area contributed by atoms with E-state index >= 15 is 0 Å². The molecular weight excluding hydrogens is 332 g/mol. The van der Waals surface area contributed by atoms with Crippen molar-refractivity contribution < 1.29 is 14.6 Å². The molecule has 0 saturated carbocycles. The van der Waals surface area contributed by atoms with Gasteiger partial charge in [0.1, 0.15) is 6.61 Å². The second-order valence-corrected chi connectivity index (χ2v) is 7.13. The van der Waals surface area contributed by atoms with E-state index in [0.717, 1.165) is 16.3 Å². The van der Waals surface area contributed by atoms with Crippen LogP contribution in [-0.4, -0.2) is 15.6 Å². The highest BCUT2D eigenvalue weighted by Crippen LogP contribution is 2.40. The lowest BCUT2D eigenvalue weighted by Crippen LogP contribution is -2.44. The third-order valence-corrected chi connectivity index (χ3v) is 5.79. The van der Waals surface area contributed by atoms with E-state index in [0.29, 0.717) is 17.7 Å². The number of cyclic esters (lactones) is 1. The van der Waals surface area contributed by atoms with Crippen LogP contribution in [0.2, 0.25) is 0 Å². The summed E-state index contributed by atoms with van der Waals surface area (Å²) in [5, 5.41) is 12.8. The number of hydrogen-bond donors (Lipinski definition) is 1. The number of aliphatic hydroxyl groups is 1. The minimum atomic E-state index is -1.77. The molecule has 0 saturated heterocycles. The molecule has 1 aromatic heterocycles. The molecule has 26 heavy (non-hydrogen) atoms. The maximum atomic E-state index is 13.0. The van der Waals surface area contributed by atoms with E-state index in [-0.39, 0.29) is 30.5 Å². The van der Waals surface area contributed by atoms with Crippen molar-refractivity contribution in [3.63, 3.8) is 0 Å². The standard InChI is InChI=1S/C20H18N2O4/c1-2-20(25)14-8-16-17-12(7-11-5-3-4-6-15(11)21-17)9-22(16)18(23)13(14)10-26-19(20)24/h3-8,12,17,25H,2,9-10H2,1H3/t12?,17?,20-/m0/s1. The molecule has 3 atom stereocenters. The number of esters is 1. The molecule has 1 N–H and O–H groups in total. The molecule has 0 radical (unpaired) electrons. The number of ether oxygens (including phenoxy) is 1. The SMILES string of the molecule is CC[C@@]1(O)C(=O)OCc2c1cc1n(c2=O)CC2C=c3ccccc3=NC12. The minimum absolute atomic E-state index is 0.0905. The lowest BCUT2D eigenvalue weighted by Gasteiger charge is -2.32. The van der Waals surface area contributed by atoms with Crippen molar-refractivity contribution in [1.82, 2.24) is 4.57 Å². The van der Waals surface area contributed by atoms with Gasteiger partial charge in [-0.25, -0.2) is 4.79 Å². The van der Waals surface area contributed by atoms with Crippen LogP contribution in [0.3, 0.4) is 0 Å². The molecule has 0 amide bonds. The third kappa shape index (κ3) is 1.88. The highest BCUT2D eigenvalue weighted by Gasteiger charge is 2.46. The fraction of sp³-hybridized carbons (Fsp3) is 0.350. The summed E-state index contributed by atoms with van der Waals surface area (Å²) in [4.78, 5) is 30.0. The molecule has 0 fully saturated rings. The van der Waals surface area contributed by atoms with E-state index in [1.807, 2.05) is 24.3 Å². The van der Waals surface area contributed by atoms with Crippen LogP contribution >= 0.6 is 0 Å². The summed E-state index contributed by atoms with van der Waals surface area (Å²) in [6, 6.07) is 9.51. The number of pyridine rings is 1. The maximum absolute atomic E-state index is 13.0. The zero-order chi connectivity index (χ0) is 18.1. The number of fused-ring (bicyclic) bond motifs is 5. The number of hydrogen-bond acceptors (Lipinski definition) is 5. The van der Waals surface area contributed by atoms with E-state index in [9.17, 15) is 14.7 Å². The number of rotatable bonds is 1. The minimum Gasteiger partial charge on any atom is -0.458 e. The Kier molecular flexibility index (Phi) is 3.07. The van der Waals surface area contributed by atoms with Crippen LogP contribution < -0.4 is 16.1 Å². The molecule has 0 bridgehead atoms. The molecule has 3 aliphatic heterocycles. The second kappa shape index (κ2) is 5.14. The van der Waals surface area contributed by atoms with E-state index in [4.69, 9.17) is 9.73 Å². The van der Waals surface area contributed by atoms with Gasteiger partial charge >= 0.3 is 5.97 Å². The van der Waals surface area contributed by atoms with Crippen LogP contribution in [0.4, 0.5) is 0 Å². The summed E-state index contributed by atoms with van der Waals surface area (Å²) in [5.74, 6) is -0.600. The Balaban J connectivity index is 1.75. The Morgan fingerprint density at radius 1 is 1.35 bits per heavy atom. The molecule has 3 aliphatic rings. The van der Waals surface area contributed by atoms with Crippen LogP contribution in [-0.2, 0) is 28.3 Å². The van der Waals surface area contributed by atoms with Crippen molar-refractivity contribution in [2.75, 3.05) is 0 Å². The monoisotopic (exact) mass is 350 g/mol. The Labute approximate surface area is 149 Å². The van der Waals surface area contributed by atoms with Gasteiger partial charge in [0.25, 0.3) is 5.56 Å². The number of nitrogens with zero attached hydrogens (tertiary/aromatic N) is 2. The topological polar surface area (TPSA) is 80.9 Å². The largest absolute Gasteiger partial charge is 0.458 e. The van der Waals surface area contributed by atoms with Gasteiger partial charge in [0.2, 0.25) is 0 Å². The highest BCUT2D eigenvalue weighted by molar-refractivity contribution is 5.83. The first kappa shape index (κ1) is 15.5. The predicted octanol–water partition coefficient (Wildman–Crippen LogP) is 0.287. The van der Waals surface area contributed by atoms with Crippen LogP contribution in [0.25, 0.3) is 6.08 Å². The summed E-state index contributed by atoms with van der Waals surface area (Å²) in [6.45, 7) is 2.16. The van der Waals surface area contributed by atoms with E-state index in [1.54, 1.807) is 17.6 Å². The Morgan fingerprint density at radius 3 is 2.96 bits per heavy atom. The Morgan fingerprint density at radius 2 is 2.15 bits per heavy atom. The molecule has 1 aromatic carbocycles. The van der Waals surface area contributed by atoms with Gasteiger partial charge < -0.3 is 14.4 Å². The van der Waals surface area contributed by atoms with Gasteiger partial charge in [-0.15, -0.1) is 0 Å². The van der Waals surface area contributed by atoms with Crippen molar-refractivity contribution in [1.29, 1.82) is 0 Å². The van der Waals surface area contributed by atoms with E-state index in [1.165, 1.54) is 0 Å². The molecule has 5 rings (SSSR count). The second-order valence-electron chi connectivity index (χ2n) is 7.13. The molecule has 0 aliphatic carbocycles. The van der Waals surface area contributed by atoms with Gasteiger partial charge in [0.05, 0.1) is 17.0 Å². The van der Waals surface area contributed by atoms with Gasteiger partial charge in [0, 0.05) is 23.7 Å². The van der Waals surface area contributed by atoms with Crippen molar-refractivity contribution in [2.24, 2.45) is 10.9 Å². The molecule has 6 nitrogen and oxygen atoms in total. The predicted molar refractivity (Wildman–Crippen MR) is 92.6 cm³/mol. The van der Waals surface area contributed by atoms with Gasteiger partial charge in [-0.2, -0.15) is 0 Å².